The Balaban J connectivity index is 1.22. The van der Waals surface area contributed by atoms with Crippen molar-refractivity contribution in [2.24, 2.45) is 5.92 Å². The molecule has 1 aliphatic heterocycles. The van der Waals surface area contributed by atoms with E-state index in [1.165, 1.54) is 6.26 Å². The summed E-state index contributed by atoms with van der Waals surface area (Å²) in [7, 11) is 0. The molecule has 0 N–H and O–H groups in total. The summed E-state index contributed by atoms with van der Waals surface area (Å²) in [6, 6.07) is 10.8. The van der Waals surface area contributed by atoms with Crippen LogP contribution in [0, 0.1) is 5.92 Å². The molecule has 1 saturated carbocycles. The highest BCUT2D eigenvalue weighted by Crippen LogP contribution is 2.32. The van der Waals surface area contributed by atoms with E-state index < -0.39 is 0 Å². The summed E-state index contributed by atoms with van der Waals surface area (Å²) in [6.45, 7) is 1.38. The Morgan fingerprint density at radius 3 is 2.47 bits per heavy atom. The molecule has 2 amide bonds. The molecule has 2 aromatic heterocycles. The predicted molar refractivity (Wildman–Crippen MR) is 116 cm³/mol. The lowest BCUT2D eigenvalue weighted by molar-refractivity contribution is -0.138. The summed E-state index contributed by atoms with van der Waals surface area (Å²) < 4.78 is 11.0. The lowest BCUT2D eigenvalue weighted by Crippen LogP contribution is -2.44. The van der Waals surface area contributed by atoms with Gasteiger partial charge in [0, 0.05) is 35.6 Å². The fourth-order valence-corrected chi connectivity index (χ4v) is 4.19. The van der Waals surface area contributed by atoms with Crippen molar-refractivity contribution in [2.75, 3.05) is 13.1 Å². The van der Waals surface area contributed by atoms with Gasteiger partial charge in [-0.15, -0.1) is 10.2 Å². The summed E-state index contributed by atoms with van der Waals surface area (Å²) in [4.78, 5) is 29.4. The number of benzene rings is 1. The number of hydrogen-bond donors (Lipinski definition) is 0. The van der Waals surface area contributed by atoms with Gasteiger partial charge in [-0.05, 0) is 62.1 Å². The minimum Gasteiger partial charge on any atom is -0.459 e. The molecule has 1 aromatic carbocycles. The maximum Gasteiger partial charge on any atom is 0.289 e. The fourth-order valence-electron chi connectivity index (χ4n) is 4.07. The lowest BCUT2D eigenvalue weighted by Gasteiger charge is -2.33. The maximum atomic E-state index is 13.3. The van der Waals surface area contributed by atoms with Crippen LogP contribution in [0.2, 0.25) is 5.02 Å². The summed E-state index contributed by atoms with van der Waals surface area (Å²) in [5, 5.41) is 8.91. The van der Waals surface area contributed by atoms with Crippen molar-refractivity contribution in [1.82, 2.24) is 20.0 Å². The molecule has 5 rings (SSSR count). The molecule has 0 bridgehead atoms. The Morgan fingerprint density at radius 1 is 1.06 bits per heavy atom. The van der Waals surface area contributed by atoms with Gasteiger partial charge >= 0.3 is 0 Å². The van der Waals surface area contributed by atoms with Crippen LogP contribution < -0.4 is 0 Å². The Morgan fingerprint density at radius 2 is 1.81 bits per heavy atom. The van der Waals surface area contributed by atoms with Gasteiger partial charge in [-0.2, -0.15) is 0 Å². The van der Waals surface area contributed by atoms with Gasteiger partial charge in [0.1, 0.15) is 0 Å². The maximum absolute atomic E-state index is 13.3. The first-order valence-electron chi connectivity index (χ1n) is 10.8. The highest BCUT2D eigenvalue weighted by Gasteiger charge is 2.38. The minimum atomic E-state index is -0.125. The van der Waals surface area contributed by atoms with Gasteiger partial charge in [0.15, 0.2) is 5.76 Å². The SMILES string of the molecule is O=C(c1ccco1)N1CCC(C(=O)N(Cc2nnc(-c3ccc(Cl)cc3)o2)C2CC2)CC1. The quantitative estimate of drug-likeness (QED) is 0.558. The number of hydrogen-bond acceptors (Lipinski definition) is 6. The van der Waals surface area contributed by atoms with Crippen LogP contribution in [0.4, 0.5) is 0 Å². The molecule has 1 saturated heterocycles. The predicted octanol–water partition coefficient (Wildman–Crippen LogP) is 4.03. The Bertz CT molecular complexity index is 1080. The van der Waals surface area contributed by atoms with Crippen LogP contribution in [-0.4, -0.2) is 50.9 Å². The van der Waals surface area contributed by atoms with Gasteiger partial charge in [0.05, 0.1) is 12.8 Å². The van der Waals surface area contributed by atoms with Crippen molar-refractivity contribution in [1.29, 1.82) is 0 Å². The van der Waals surface area contributed by atoms with Crippen molar-refractivity contribution in [3.8, 4) is 11.5 Å². The third-order valence-corrected chi connectivity index (χ3v) is 6.25. The molecular weight excluding hydrogens is 432 g/mol. The van der Waals surface area contributed by atoms with Crippen LogP contribution in [0.25, 0.3) is 11.5 Å². The first kappa shape index (κ1) is 20.8. The highest BCUT2D eigenvalue weighted by atomic mass is 35.5. The van der Waals surface area contributed by atoms with Crippen LogP contribution in [0.15, 0.2) is 51.5 Å². The number of furan rings is 1. The van der Waals surface area contributed by atoms with E-state index >= 15 is 0 Å². The third-order valence-electron chi connectivity index (χ3n) is 6.00. The van der Waals surface area contributed by atoms with E-state index in [2.05, 4.69) is 10.2 Å². The number of aromatic nitrogens is 2. The number of likely N-dealkylation sites (tertiary alicyclic amines) is 1. The fraction of sp³-hybridized carbons (Fsp3) is 0.391. The van der Waals surface area contributed by atoms with Crippen LogP contribution >= 0.6 is 11.6 Å². The topological polar surface area (TPSA) is 92.7 Å². The number of rotatable bonds is 6. The molecule has 2 fully saturated rings. The average Bonchev–Trinajstić information content (AvgIpc) is 3.31. The molecule has 0 unspecified atom stereocenters. The second-order valence-electron chi connectivity index (χ2n) is 8.25. The molecule has 1 aliphatic carbocycles. The molecule has 8 nitrogen and oxygen atoms in total. The van der Waals surface area contributed by atoms with Gasteiger partial charge in [0.2, 0.25) is 17.7 Å². The van der Waals surface area contributed by atoms with Crippen LogP contribution in [-0.2, 0) is 11.3 Å². The van der Waals surface area contributed by atoms with E-state index in [9.17, 15) is 9.59 Å². The second-order valence-corrected chi connectivity index (χ2v) is 8.69. The summed E-state index contributed by atoms with van der Waals surface area (Å²) in [5.74, 6) is 1.02. The normalized spacial score (nSPS) is 16.8. The van der Waals surface area contributed by atoms with Crippen molar-refractivity contribution in [3.05, 3.63) is 59.3 Å². The summed E-state index contributed by atoms with van der Waals surface area (Å²) >= 11 is 5.94. The van der Waals surface area contributed by atoms with Crippen molar-refractivity contribution in [2.45, 2.75) is 38.3 Å². The molecule has 0 atom stereocenters. The molecule has 9 heteroatoms. The van der Waals surface area contributed by atoms with E-state index in [-0.39, 0.29) is 23.8 Å². The molecule has 3 aromatic rings. The van der Waals surface area contributed by atoms with E-state index in [4.69, 9.17) is 20.4 Å². The zero-order chi connectivity index (χ0) is 22.1. The number of amides is 2. The van der Waals surface area contributed by atoms with E-state index in [1.54, 1.807) is 29.2 Å². The molecule has 3 heterocycles. The standard InChI is InChI=1S/C23H23ClN4O4/c24-17-5-3-15(4-6-17)21-26-25-20(32-21)14-28(18-7-8-18)22(29)16-9-11-27(12-10-16)23(30)19-2-1-13-31-19/h1-6,13,16,18H,7-12,14H2. The van der Waals surface area contributed by atoms with Gasteiger partial charge in [-0.25, -0.2) is 0 Å². The minimum absolute atomic E-state index is 0.101. The van der Waals surface area contributed by atoms with Crippen molar-refractivity contribution >= 4 is 23.4 Å². The molecule has 32 heavy (non-hydrogen) atoms. The average molecular weight is 455 g/mol. The van der Waals surface area contributed by atoms with Crippen LogP contribution in [0.5, 0.6) is 0 Å². The largest absolute Gasteiger partial charge is 0.459 e. The van der Waals surface area contributed by atoms with E-state index in [0.29, 0.717) is 55.0 Å². The number of piperidine rings is 1. The van der Waals surface area contributed by atoms with Gasteiger partial charge in [-0.1, -0.05) is 11.6 Å². The number of carbonyl (C=O) groups is 2. The van der Waals surface area contributed by atoms with Gasteiger partial charge in [-0.3, -0.25) is 9.59 Å². The number of halogens is 1. The smallest absolute Gasteiger partial charge is 0.289 e. The van der Waals surface area contributed by atoms with Crippen molar-refractivity contribution < 1.29 is 18.4 Å². The Kier molecular flexibility index (Phi) is 5.70. The molecule has 0 radical (unpaired) electrons. The van der Waals surface area contributed by atoms with E-state index in [1.807, 2.05) is 17.0 Å². The summed E-state index contributed by atoms with van der Waals surface area (Å²) in [5.41, 5.74) is 0.783. The summed E-state index contributed by atoms with van der Waals surface area (Å²) in [6.07, 6.45) is 4.73. The molecule has 166 valence electrons. The zero-order valence-electron chi connectivity index (χ0n) is 17.4. The third kappa shape index (κ3) is 4.41. The van der Waals surface area contributed by atoms with Crippen molar-refractivity contribution in [3.63, 3.8) is 0 Å². The number of carbonyl (C=O) groups excluding carboxylic acids is 2. The first-order valence-corrected chi connectivity index (χ1v) is 11.2. The Hall–Kier alpha value is -3.13. The zero-order valence-corrected chi connectivity index (χ0v) is 18.2. The highest BCUT2D eigenvalue weighted by molar-refractivity contribution is 6.30. The molecule has 2 aliphatic rings. The molecule has 0 spiro atoms. The van der Waals surface area contributed by atoms with Gasteiger partial charge in [0.25, 0.3) is 5.91 Å². The van der Waals surface area contributed by atoms with Crippen LogP contribution in [0.3, 0.4) is 0 Å². The monoisotopic (exact) mass is 454 g/mol. The lowest BCUT2D eigenvalue weighted by atomic mass is 9.95. The molecular formula is C23H23ClN4O4. The van der Waals surface area contributed by atoms with Crippen LogP contribution in [0.1, 0.15) is 42.1 Å². The second kappa shape index (κ2) is 8.78. The first-order chi connectivity index (χ1) is 15.6. The Labute approximate surface area is 190 Å². The van der Waals surface area contributed by atoms with E-state index in [0.717, 1.165) is 18.4 Å². The van der Waals surface area contributed by atoms with Gasteiger partial charge < -0.3 is 18.6 Å². The number of nitrogens with zero attached hydrogens (tertiary/aromatic N) is 4.